The number of benzene rings is 2. The molecular weight excluding hydrogens is 346 g/mol. The largest absolute Gasteiger partial charge is 0.486 e. The van der Waals surface area contributed by atoms with Gasteiger partial charge in [0.1, 0.15) is 13.2 Å². The molecule has 0 saturated heterocycles. The number of ether oxygens (including phenoxy) is 3. The fraction of sp³-hybridized carbons (Fsp3) is 0.333. The summed E-state index contributed by atoms with van der Waals surface area (Å²) in [5, 5.41) is 0. The summed E-state index contributed by atoms with van der Waals surface area (Å²) in [6, 6.07) is 13.0. The smallest absolute Gasteiger partial charge is 0.339 e. The summed E-state index contributed by atoms with van der Waals surface area (Å²) in [7, 11) is 0. The normalized spacial score (nSPS) is 16.3. The molecule has 0 aromatic heterocycles. The highest BCUT2D eigenvalue weighted by Gasteiger charge is 2.27. The lowest BCUT2D eigenvalue weighted by Gasteiger charge is -2.30. The molecule has 0 radical (unpaired) electrons. The SMILES string of the molecule is C[C@H](OC(=O)c1ccc2c(c1)OCCO2)C(=O)N1CCc2ccccc2C1. The zero-order valence-electron chi connectivity index (χ0n) is 15.1. The Morgan fingerprint density at radius 1 is 1.04 bits per heavy atom. The minimum Gasteiger partial charge on any atom is -0.486 e. The minimum atomic E-state index is -0.851. The molecule has 0 bridgehead atoms. The second-order valence-corrected chi connectivity index (χ2v) is 6.68. The highest BCUT2D eigenvalue weighted by Crippen LogP contribution is 2.31. The Labute approximate surface area is 157 Å². The summed E-state index contributed by atoms with van der Waals surface area (Å²) in [6.45, 7) is 3.71. The third-order valence-corrected chi connectivity index (χ3v) is 4.85. The van der Waals surface area contributed by atoms with Gasteiger partial charge in [0.05, 0.1) is 5.56 Å². The Hall–Kier alpha value is -3.02. The van der Waals surface area contributed by atoms with Gasteiger partial charge in [0, 0.05) is 13.1 Å². The molecule has 6 nitrogen and oxygen atoms in total. The van der Waals surface area contributed by atoms with Crippen molar-refractivity contribution in [2.24, 2.45) is 0 Å². The zero-order chi connectivity index (χ0) is 18.8. The molecule has 1 amide bonds. The van der Waals surface area contributed by atoms with Crippen molar-refractivity contribution in [1.29, 1.82) is 0 Å². The van der Waals surface area contributed by atoms with E-state index >= 15 is 0 Å². The van der Waals surface area contributed by atoms with Crippen molar-refractivity contribution in [3.8, 4) is 11.5 Å². The van der Waals surface area contributed by atoms with Crippen LogP contribution in [0.5, 0.6) is 11.5 Å². The number of nitrogens with zero attached hydrogens (tertiary/aromatic N) is 1. The molecule has 0 spiro atoms. The first-order valence-electron chi connectivity index (χ1n) is 9.08. The summed E-state index contributed by atoms with van der Waals surface area (Å²) < 4.78 is 16.3. The molecule has 0 saturated carbocycles. The van der Waals surface area contributed by atoms with Crippen LogP contribution in [-0.2, 0) is 22.5 Å². The first-order chi connectivity index (χ1) is 13.1. The molecule has 2 aromatic rings. The lowest BCUT2D eigenvalue weighted by molar-refractivity contribution is -0.140. The number of amides is 1. The molecule has 0 aliphatic carbocycles. The predicted octanol–water partition coefficient (Wildman–Crippen LogP) is 2.59. The van der Waals surface area contributed by atoms with Gasteiger partial charge in [-0.15, -0.1) is 0 Å². The highest BCUT2D eigenvalue weighted by molar-refractivity contribution is 5.93. The molecule has 0 N–H and O–H groups in total. The van der Waals surface area contributed by atoms with Crippen molar-refractivity contribution in [2.45, 2.75) is 26.0 Å². The maximum absolute atomic E-state index is 12.7. The van der Waals surface area contributed by atoms with Gasteiger partial charge in [-0.25, -0.2) is 4.79 Å². The zero-order valence-corrected chi connectivity index (χ0v) is 15.1. The Bertz CT molecular complexity index is 879. The first-order valence-corrected chi connectivity index (χ1v) is 9.08. The number of carbonyl (C=O) groups is 2. The van der Waals surface area contributed by atoms with Crippen LogP contribution in [0, 0.1) is 0 Å². The van der Waals surface area contributed by atoms with Gasteiger partial charge in [0.25, 0.3) is 5.91 Å². The monoisotopic (exact) mass is 367 g/mol. The second kappa shape index (κ2) is 7.31. The molecule has 2 aliphatic heterocycles. The molecule has 140 valence electrons. The molecule has 0 fully saturated rings. The average molecular weight is 367 g/mol. The number of fused-ring (bicyclic) bond motifs is 2. The summed E-state index contributed by atoms with van der Waals surface area (Å²) in [4.78, 5) is 26.9. The Morgan fingerprint density at radius 2 is 1.78 bits per heavy atom. The van der Waals surface area contributed by atoms with Crippen molar-refractivity contribution in [2.75, 3.05) is 19.8 Å². The first kappa shape index (κ1) is 17.4. The fourth-order valence-corrected chi connectivity index (χ4v) is 3.39. The quantitative estimate of drug-likeness (QED) is 0.780. The second-order valence-electron chi connectivity index (χ2n) is 6.68. The summed E-state index contributed by atoms with van der Waals surface area (Å²) >= 11 is 0. The molecule has 2 heterocycles. The lowest BCUT2D eigenvalue weighted by atomic mass is 9.99. The van der Waals surface area contributed by atoms with Gasteiger partial charge in [-0.1, -0.05) is 24.3 Å². The van der Waals surface area contributed by atoms with E-state index in [4.69, 9.17) is 14.2 Å². The molecule has 0 unspecified atom stereocenters. The molecule has 6 heteroatoms. The molecule has 1 atom stereocenters. The topological polar surface area (TPSA) is 65.1 Å². The molecule has 2 aromatic carbocycles. The number of hydrogen-bond acceptors (Lipinski definition) is 5. The van der Waals surface area contributed by atoms with E-state index in [2.05, 4.69) is 6.07 Å². The van der Waals surface area contributed by atoms with E-state index in [0.717, 1.165) is 12.0 Å². The molecule has 4 rings (SSSR count). The van der Waals surface area contributed by atoms with Crippen LogP contribution in [0.15, 0.2) is 42.5 Å². The van der Waals surface area contributed by atoms with Crippen molar-refractivity contribution < 1.29 is 23.8 Å². The standard InChI is InChI=1S/C21H21NO5/c1-14(20(23)22-9-8-15-4-2-3-5-17(15)13-22)27-21(24)16-6-7-18-19(12-16)26-11-10-25-18/h2-7,12,14H,8-11,13H2,1H3/t14-/m0/s1. The molecule has 2 aliphatic rings. The van der Waals surface area contributed by atoms with Crippen molar-refractivity contribution in [3.63, 3.8) is 0 Å². The number of esters is 1. The van der Waals surface area contributed by atoms with E-state index in [1.54, 1.807) is 30.0 Å². The van der Waals surface area contributed by atoms with Crippen LogP contribution in [0.3, 0.4) is 0 Å². The fourth-order valence-electron chi connectivity index (χ4n) is 3.39. The van der Waals surface area contributed by atoms with Gasteiger partial charge in [-0.3, -0.25) is 4.79 Å². The predicted molar refractivity (Wildman–Crippen MR) is 97.9 cm³/mol. The molecule has 27 heavy (non-hydrogen) atoms. The number of hydrogen-bond donors (Lipinski definition) is 0. The third-order valence-electron chi connectivity index (χ3n) is 4.85. The Kier molecular flexibility index (Phi) is 4.71. The molecular formula is C21H21NO5. The number of rotatable bonds is 3. The lowest BCUT2D eigenvalue weighted by Crippen LogP contribution is -2.42. The van der Waals surface area contributed by atoms with Crippen LogP contribution in [0.4, 0.5) is 0 Å². The Morgan fingerprint density at radius 3 is 2.59 bits per heavy atom. The van der Waals surface area contributed by atoms with Gasteiger partial charge in [-0.2, -0.15) is 0 Å². The van der Waals surface area contributed by atoms with Gasteiger partial charge >= 0.3 is 5.97 Å². The van der Waals surface area contributed by atoms with Gasteiger partial charge in [0.2, 0.25) is 0 Å². The minimum absolute atomic E-state index is 0.185. The van der Waals surface area contributed by atoms with Crippen LogP contribution in [-0.4, -0.2) is 42.6 Å². The van der Waals surface area contributed by atoms with Crippen molar-refractivity contribution in [1.82, 2.24) is 4.90 Å². The van der Waals surface area contributed by atoms with Gasteiger partial charge in [0.15, 0.2) is 17.6 Å². The van der Waals surface area contributed by atoms with E-state index in [9.17, 15) is 9.59 Å². The Balaban J connectivity index is 1.40. The number of carbonyl (C=O) groups excluding carboxylic acids is 2. The maximum Gasteiger partial charge on any atom is 0.339 e. The van der Waals surface area contributed by atoms with Crippen LogP contribution in [0.25, 0.3) is 0 Å². The highest BCUT2D eigenvalue weighted by atomic mass is 16.6. The van der Waals surface area contributed by atoms with E-state index in [0.29, 0.717) is 43.4 Å². The van der Waals surface area contributed by atoms with Crippen LogP contribution < -0.4 is 9.47 Å². The maximum atomic E-state index is 12.7. The van der Waals surface area contributed by atoms with Gasteiger partial charge in [-0.05, 0) is 42.7 Å². The van der Waals surface area contributed by atoms with Crippen LogP contribution in [0.2, 0.25) is 0 Å². The summed E-state index contributed by atoms with van der Waals surface area (Å²) in [5.41, 5.74) is 2.74. The third kappa shape index (κ3) is 3.60. The summed E-state index contributed by atoms with van der Waals surface area (Å²) in [6.07, 6.45) is -0.0407. The van der Waals surface area contributed by atoms with Crippen LogP contribution in [0.1, 0.15) is 28.4 Å². The van der Waals surface area contributed by atoms with E-state index in [-0.39, 0.29) is 5.91 Å². The van der Waals surface area contributed by atoms with E-state index < -0.39 is 12.1 Å². The average Bonchev–Trinajstić information content (AvgIpc) is 2.72. The van der Waals surface area contributed by atoms with Crippen molar-refractivity contribution >= 4 is 11.9 Å². The van der Waals surface area contributed by atoms with Crippen LogP contribution >= 0.6 is 0 Å². The van der Waals surface area contributed by atoms with Gasteiger partial charge < -0.3 is 19.1 Å². The van der Waals surface area contributed by atoms with E-state index in [1.165, 1.54) is 5.56 Å². The van der Waals surface area contributed by atoms with Crippen molar-refractivity contribution in [3.05, 3.63) is 59.2 Å². The van der Waals surface area contributed by atoms with E-state index in [1.807, 2.05) is 18.2 Å². The summed E-state index contributed by atoms with van der Waals surface area (Å²) in [5.74, 6) is 0.386.